The van der Waals surface area contributed by atoms with E-state index in [1.807, 2.05) is 49.4 Å². The summed E-state index contributed by atoms with van der Waals surface area (Å²) in [4.78, 5) is 17.4. The third-order valence-electron chi connectivity index (χ3n) is 4.27. The lowest BCUT2D eigenvalue weighted by atomic mass is 10.1. The van der Waals surface area contributed by atoms with E-state index >= 15 is 0 Å². The zero-order valence-corrected chi connectivity index (χ0v) is 14.7. The molecule has 0 aliphatic heterocycles. The topological polar surface area (TPSA) is 94.8 Å². The molecule has 0 bridgehead atoms. The van der Waals surface area contributed by atoms with Crippen LogP contribution in [0.15, 0.2) is 55.0 Å². The molecule has 1 amide bonds. The number of tetrazole rings is 1. The van der Waals surface area contributed by atoms with Crippen molar-refractivity contribution < 1.29 is 9.53 Å². The minimum Gasteiger partial charge on any atom is -0.494 e. The first kappa shape index (κ1) is 16.6. The van der Waals surface area contributed by atoms with Crippen molar-refractivity contribution in [3.8, 4) is 11.4 Å². The molecular formula is C19H16N6O2. The first-order valence-electron chi connectivity index (χ1n) is 8.24. The Morgan fingerprint density at radius 2 is 2.04 bits per heavy atom. The Hall–Kier alpha value is -3.81. The predicted molar refractivity (Wildman–Crippen MR) is 100 cm³/mol. The molecule has 4 rings (SSSR count). The molecule has 2 aromatic heterocycles. The van der Waals surface area contributed by atoms with Gasteiger partial charge in [0.2, 0.25) is 0 Å². The number of ether oxygens (including phenoxy) is 1. The van der Waals surface area contributed by atoms with Crippen molar-refractivity contribution in [2.24, 2.45) is 0 Å². The molecular weight excluding hydrogens is 344 g/mol. The summed E-state index contributed by atoms with van der Waals surface area (Å²) in [6, 6.07) is 13.0. The van der Waals surface area contributed by atoms with E-state index in [9.17, 15) is 4.79 Å². The molecule has 134 valence electrons. The largest absolute Gasteiger partial charge is 0.494 e. The second-order valence-electron chi connectivity index (χ2n) is 5.93. The summed E-state index contributed by atoms with van der Waals surface area (Å²) in [5.41, 5.74) is 3.49. The number of rotatable bonds is 4. The number of nitrogens with zero attached hydrogens (tertiary/aromatic N) is 5. The van der Waals surface area contributed by atoms with Gasteiger partial charge in [-0.2, -0.15) is 0 Å². The van der Waals surface area contributed by atoms with Crippen molar-refractivity contribution in [2.75, 3.05) is 12.4 Å². The molecule has 0 unspecified atom stereocenters. The van der Waals surface area contributed by atoms with E-state index in [-0.39, 0.29) is 5.91 Å². The smallest absolute Gasteiger partial charge is 0.260 e. The fourth-order valence-electron chi connectivity index (χ4n) is 2.86. The Labute approximate surface area is 154 Å². The van der Waals surface area contributed by atoms with E-state index in [1.165, 1.54) is 18.1 Å². The quantitative estimate of drug-likeness (QED) is 0.601. The molecule has 1 N–H and O–H groups in total. The van der Waals surface area contributed by atoms with Crippen LogP contribution in [-0.4, -0.2) is 38.2 Å². The number of aromatic nitrogens is 5. The Morgan fingerprint density at radius 3 is 2.81 bits per heavy atom. The van der Waals surface area contributed by atoms with Gasteiger partial charge in [-0.15, -0.1) is 5.10 Å². The number of hydrogen-bond acceptors (Lipinski definition) is 6. The number of methoxy groups -OCH3 is 1. The second kappa shape index (κ2) is 6.83. The van der Waals surface area contributed by atoms with Crippen molar-refractivity contribution in [1.82, 2.24) is 25.2 Å². The highest BCUT2D eigenvalue weighted by atomic mass is 16.5. The van der Waals surface area contributed by atoms with Crippen LogP contribution in [-0.2, 0) is 0 Å². The third-order valence-corrected chi connectivity index (χ3v) is 4.27. The van der Waals surface area contributed by atoms with Gasteiger partial charge in [-0.1, -0.05) is 24.3 Å². The minimum atomic E-state index is -0.276. The van der Waals surface area contributed by atoms with Crippen LogP contribution >= 0.6 is 0 Å². The van der Waals surface area contributed by atoms with Crippen molar-refractivity contribution >= 4 is 22.5 Å². The van der Waals surface area contributed by atoms with E-state index in [4.69, 9.17) is 4.74 Å². The maximum Gasteiger partial charge on any atom is 0.260 e. The number of carbonyl (C=O) groups excluding carboxylic acids is 1. The summed E-state index contributed by atoms with van der Waals surface area (Å²) in [6.45, 7) is 1.92. The highest BCUT2D eigenvalue weighted by Crippen LogP contribution is 2.28. The minimum absolute atomic E-state index is 0.276. The molecule has 2 aromatic carbocycles. The summed E-state index contributed by atoms with van der Waals surface area (Å²) < 4.78 is 6.90. The SMILES string of the molecule is COc1cnc2ccccc2c1C(=O)Nc1cc(-n2cnnn2)ccc1C. The summed E-state index contributed by atoms with van der Waals surface area (Å²) in [5, 5.41) is 14.8. The third kappa shape index (κ3) is 3.08. The summed E-state index contributed by atoms with van der Waals surface area (Å²) in [6.07, 6.45) is 3.05. The Kier molecular flexibility index (Phi) is 4.21. The number of nitrogens with one attached hydrogen (secondary N) is 1. The van der Waals surface area contributed by atoms with Crippen molar-refractivity contribution in [3.63, 3.8) is 0 Å². The average Bonchev–Trinajstić information content (AvgIpc) is 3.23. The van der Waals surface area contributed by atoms with Crippen LogP contribution in [0, 0.1) is 6.92 Å². The van der Waals surface area contributed by atoms with Gasteiger partial charge in [0.1, 0.15) is 6.33 Å². The van der Waals surface area contributed by atoms with Crippen LogP contribution in [0.1, 0.15) is 15.9 Å². The molecule has 0 atom stereocenters. The first-order chi connectivity index (χ1) is 13.2. The number of carbonyl (C=O) groups is 1. The van der Waals surface area contributed by atoms with Gasteiger partial charge in [-0.05, 0) is 41.1 Å². The van der Waals surface area contributed by atoms with Crippen LogP contribution in [0.4, 0.5) is 5.69 Å². The Morgan fingerprint density at radius 1 is 1.19 bits per heavy atom. The number of anilines is 1. The highest BCUT2D eigenvalue weighted by Gasteiger charge is 2.18. The van der Waals surface area contributed by atoms with Gasteiger partial charge in [0, 0.05) is 11.1 Å². The van der Waals surface area contributed by atoms with E-state index in [2.05, 4.69) is 25.8 Å². The Bertz CT molecular complexity index is 1120. The van der Waals surface area contributed by atoms with Crippen molar-refractivity contribution in [3.05, 3.63) is 66.1 Å². The van der Waals surface area contributed by atoms with E-state index in [1.54, 1.807) is 6.20 Å². The molecule has 0 fully saturated rings. The van der Waals surface area contributed by atoms with Crippen LogP contribution < -0.4 is 10.1 Å². The Balaban J connectivity index is 1.75. The molecule has 2 heterocycles. The fraction of sp³-hybridized carbons (Fsp3) is 0.105. The standard InChI is InChI=1S/C19H16N6O2/c1-12-7-8-13(25-11-21-23-24-25)9-16(12)22-19(26)18-14-5-3-4-6-15(14)20-10-17(18)27-2/h3-11H,1-2H3,(H,22,26). The van der Waals surface area contributed by atoms with Gasteiger partial charge >= 0.3 is 0 Å². The molecule has 0 aliphatic rings. The van der Waals surface area contributed by atoms with Gasteiger partial charge in [0.25, 0.3) is 5.91 Å². The molecule has 0 spiro atoms. The van der Waals surface area contributed by atoms with Crippen LogP contribution in [0.3, 0.4) is 0 Å². The van der Waals surface area contributed by atoms with Crippen LogP contribution in [0.25, 0.3) is 16.6 Å². The van der Waals surface area contributed by atoms with E-state index in [0.717, 1.165) is 22.2 Å². The number of pyridine rings is 1. The lowest BCUT2D eigenvalue weighted by Crippen LogP contribution is -2.15. The zero-order chi connectivity index (χ0) is 18.8. The molecule has 4 aromatic rings. The zero-order valence-electron chi connectivity index (χ0n) is 14.7. The predicted octanol–water partition coefficient (Wildman–Crippen LogP) is 2.78. The van der Waals surface area contributed by atoms with Gasteiger partial charge in [-0.3, -0.25) is 9.78 Å². The summed E-state index contributed by atoms with van der Waals surface area (Å²) >= 11 is 0. The second-order valence-corrected chi connectivity index (χ2v) is 5.93. The normalized spacial score (nSPS) is 10.7. The van der Waals surface area contributed by atoms with E-state index in [0.29, 0.717) is 17.0 Å². The number of para-hydroxylation sites is 1. The maximum atomic E-state index is 13.1. The number of aryl methyl sites for hydroxylation is 1. The van der Waals surface area contributed by atoms with Gasteiger partial charge in [0.15, 0.2) is 5.75 Å². The van der Waals surface area contributed by atoms with Crippen molar-refractivity contribution in [2.45, 2.75) is 6.92 Å². The van der Waals surface area contributed by atoms with Gasteiger partial charge in [-0.25, -0.2) is 4.68 Å². The lowest BCUT2D eigenvalue weighted by molar-refractivity contribution is 0.102. The van der Waals surface area contributed by atoms with Gasteiger partial charge in [0.05, 0.1) is 30.1 Å². The maximum absolute atomic E-state index is 13.1. The van der Waals surface area contributed by atoms with E-state index < -0.39 is 0 Å². The van der Waals surface area contributed by atoms with Crippen molar-refractivity contribution in [1.29, 1.82) is 0 Å². The first-order valence-corrected chi connectivity index (χ1v) is 8.24. The molecule has 8 heteroatoms. The summed E-state index contributed by atoms with van der Waals surface area (Å²) in [7, 11) is 1.52. The highest BCUT2D eigenvalue weighted by molar-refractivity contribution is 6.14. The molecule has 0 aliphatic carbocycles. The molecule has 0 saturated heterocycles. The molecule has 0 radical (unpaired) electrons. The van der Waals surface area contributed by atoms with Crippen LogP contribution in [0.2, 0.25) is 0 Å². The molecule has 8 nitrogen and oxygen atoms in total. The van der Waals surface area contributed by atoms with Gasteiger partial charge < -0.3 is 10.1 Å². The average molecular weight is 360 g/mol. The number of hydrogen-bond donors (Lipinski definition) is 1. The van der Waals surface area contributed by atoms with Crippen LogP contribution in [0.5, 0.6) is 5.75 Å². The lowest BCUT2D eigenvalue weighted by Gasteiger charge is -2.14. The molecule has 27 heavy (non-hydrogen) atoms. The fourth-order valence-corrected chi connectivity index (χ4v) is 2.86. The molecule has 0 saturated carbocycles. The number of fused-ring (bicyclic) bond motifs is 1. The monoisotopic (exact) mass is 360 g/mol. The number of amides is 1. The summed E-state index contributed by atoms with van der Waals surface area (Å²) in [5.74, 6) is 0.142. The number of benzene rings is 2.